The van der Waals surface area contributed by atoms with Crippen molar-refractivity contribution >= 4 is 0 Å². The molecule has 14 heavy (non-hydrogen) atoms. The fraction of sp³-hybridized carbons (Fsp3) is 0.833. The van der Waals surface area contributed by atoms with E-state index in [4.69, 9.17) is 0 Å². The minimum absolute atomic E-state index is 1.04. The quantitative estimate of drug-likeness (QED) is 0.560. The molecular weight excluding hydrogens is 172 g/mol. The molecule has 0 atom stereocenters. The highest BCUT2D eigenvalue weighted by Gasteiger charge is 2.00. The first-order valence-electron chi connectivity index (χ1n) is 5.66. The van der Waals surface area contributed by atoms with E-state index in [1.807, 2.05) is 0 Å². The van der Waals surface area contributed by atoms with Crippen molar-refractivity contribution in [2.45, 2.75) is 25.7 Å². The smallest absolute Gasteiger partial charge is 0.0106 e. The highest BCUT2D eigenvalue weighted by atomic mass is 15.2. The third kappa shape index (κ3) is 8.52. The van der Waals surface area contributed by atoms with Crippen LogP contribution in [0.15, 0.2) is 0 Å². The second-order valence-electron chi connectivity index (χ2n) is 4.02. The Balaban J connectivity index is 3.31. The molecule has 0 bridgehead atoms. The van der Waals surface area contributed by atoms with Gasteiger partial charge in [0.05, 0.1) is 0 Å². The maximum atomic E-state index is 3.85. The Morgan fingerprint density at radius 2 is 1.07 bits per heavy atom. The molecule has 0 saturated heterocycles. The minimum atomic E-state index is 1.04. The van der Waals surface area contributed by atoms with Gasteiger partial charge >= 0.3 is 0 Å². The summed E-state index contributed by atoms with van der Waals surface area (Å²) >= 11 is 0. The Morgan fingerprint density at radius 1 is 0.714 bits per heavy atom. The summed E-state index contributed by atoms with van der Waals surface area (Å²) in [5.41, 5.74) is 0. The van der Waals surface area contributed by atoms with Crippen LogP contribution in [-0.2, 0) is 0 Å². The normalized spacial score (nSPS) is 11.6. The summed E-state index contributed by atoms with van der Waals surface area (Å²) in [4.78, 5) is 4.76. The predicted molar refractivity (Wildman–Crippen MR) is 64.2 cm³/mol. The van der Waals surface area contributed by atoms with E-state index in [1.165, 1.54) is 25.9 Å². The summed E-state index contributed by atoms with van der Waals surface area (Å²) in [6.45, 7) is 12.4. The van der Waals surface area contributed by atoms with Crippen LogP contribution in [-0.4, -0.2) is 50.1 Å². The van der Waals surface area contributed by atoms with Crippen LogP contribution in [0.25, 0.3) is 0 Å². The summed E-state index contributed by atoms with van der Waals surface area (Å²) in [7, 11) is 4.37. The zero-order chi connectivity index (χ0) is 10.8. The van der Waals surface area contributed by atoms with Crippen molar-refractivity contribution < 1.29 is 0 Å². The number of hydrogen-bond acceptors (Lipinski definition) is 2. The standard InChI is InChI=1S/C12H26N2/c1-5-7-9-13(3)11-12-14(4)10-8-6-2/h1-2,5-12H2,3-4H3. The van der Waals surface area contributed by atoms with Crippen LogP contribution in [0.2, 0.25) is 0 Å². The number of likely N-dealkylation sites (N-methyl/N-ethyl adjacent to an activating group) is 2. The van der Waals surface area contributed by atoms with E-state index in [1.54, 1.807) is 0 Å². The number of nitrogens with zero attached hydrogens (tertiary/aromatic N) is 2. The molecule has 0 aliphatic rings. The van der Waals surface area contributed by atoms with Crippen LogP contribution in [0.1, 0.15) is 25.7 Å². The molecule has 0 N–H and O–H groups in total. The molecule has 0 saturated carbocycles. The maximum Gasteiger partial charge on any atom is 0.0106 e. The van der Waals surface area contributed by atoms with E-state index in [-0.39, 0.29) is 0 Å². The molecule has 2 radical (unpaired) electrons. The van der Waals surface area contributed by atoms with Crippen molar-refractivity contribution in [3.8, 4) is 0 Å². The first kappa shape index (κ1) is 13.9. The van der Waals surface area contributed by atoms with Crippen molar-refractivity contribution in [2.75, 3.05) is 40.3 Å². The van der Waals surface area contributed by atoms with Gasteiger partial charge in [-0.05, 0) is 40.0 Å². The van der Waals surface area contributed by atoms with Crippen molar-refractivity contribution in [3.63, 3.8) is 0 Å². The van der Waals surface area contributed by atoms with E-state index in [0.717, 1.165) is 25.9 Å². The predicted octanol–water partition coefficient (Wildman–Crippen LogP) is 2.08. The fourth-order valence-electron chi connectivity index (χ4n) is 1.33. The molecule has 0 aromatic carbocycles. The van der Waals surface area contributed by atoms with E-state index in [2.05, 4.69) is 37.7 Å². The van der Waals surface area contributed by atoms with Gasteiger partial charge < -0.3 is 9.80 Å². The van der Waals surface area contributed by atoms with Gasteiger partial charge in [0.15, 0.2) is 0 Å². The third-order valence-corrected chi connectivity index (χ3v) is 2.44. The minimum Gasteiger partial charge on any atom is -0.305 e. The number of unbranched alkanes of at least 4 members (excludes halogenated alkanes) is 2. The SMILES string of the molecule is [CH2]CCCN(C)CCN(C)CCC[CH2]. The molecule has 2 nitrogen and oxygen atoms in total. The maximum absolute atomic E-state index is 3.85. The summed E-state index contributed by atoms with van der Waals surface area (Å²) < 4.78 is 0. The summed E-state index contributed by atoms with van der Waals surface area (Å²) in [6, 6.07) is 0. The zero-order valence-corrected chi connectivity index (χ0v) is 9.97. The summed E-state index contributed by atoms with van der Waals surface area (Å²) in [5, 5.41) is 0. The van der Waals surface area contributed by atoms with Gasteiger partial charge in [-0.2, -0.15) is 0 Å². The Kier molecular flexibility index (Phi) is 9.42. The summed E-state index contributed by atoms with van der Waals surface area (Å²) in [6.07, 6.45) is 4.50. The van der Waals surface area contributed by atoms with E-state index in [0.29, 0.717) is 0 Å². The molecule has 84 valence electrons. The molecule has 0 spiro atoms. The summed E-state index contributed by atoms with van der Waals surface area (Å²) in [5.74, 6) is 0. The third-order valence-electron chi connectivity index (χ3n) is 2.44. The van der Waals surface area contributed by atoms with Gasteiger partial charge in [-0.25, -0.2) is 0 Å². The van der Waals surface area contributed by atoms with Crippen LogP contribution < -0.4 is 0 Å². The lowest BCUT2D eigenvalue weighted by Crippen LogP contribution is -2.31. The molecule has 0 aromatic heterocycles. The van der Waals surface area contributed by atoms with Gasteiger partial charge in [-0.1, -0.05) is 26.7 Å². The molecule has 0 amide bonds. The van der Waals surface area contributed by atoms with E-state index < -0.39 is 0 Å². The average molecular weight is 198 g/mol. The van der Waals surface area contributed by atoms with Crippen molar-refractivity contribution in [3.05, 3.63) is 13.8 Å². The lowest BCUT2D eigenvalue weighted by molar-refractivity contribution is 0.253. The zero-order valence-electron chi connectivity index (χ0n) is 9.97. The Bertz CT molecular complexity index is 101. The second kappa shape index (κ2) is 9.47. The topological polar surface area (TPSA) is 6.48 Å². The van der Waals surface area contributed by atoms with Gasteiger partial charge in [0.2, 0.25) is 0 Å². The van der Waals surface area contributed by atoms with Crippen LogP contribution in [0, 0.1) is 13.8 Å². The Morgan fingerprint density at radius 3 is 1.36 bits per heavy atom. The van der Waals surface area contributed by atoms with Gasteiger partial charge in [-0.15, -0.1) is 0 Å². The van der Waals surface area contributed by atoms with E-state index in [9.17, 15) is 0 Å². The largest absolute Gasteiger partial charge is 0.305 e. The van der Waals surface area contributed by atoms with Crippen molar-refractivity contribution in [1.82, 2.24) is 9.80 Å². The van der Waals surface area contributed by atoms with Gasteiger partial charge in [0.1, 0.15) is 0 Å². The molecule has 0 rings (SSSR count). The van der Waals surface area contributed by atoms with Crippen molar-refractivity contribution in [1.29, 1.82) is 0 Å². The van der Waals surface area contributed by atoms with Gasteiger partial charge in [0.25, 0.3) is 0 Å². The first-order valence-corrected chi connectivity index (χ1v) is 5.66. The Hall–Kier alpha value is -0.0800. The number of hydrogen-bond donors (Lipinski definition) is 0. The highest BCUT2D eigenvalue weighted by molar-refractivity contribution is 4.58. The molecule has 0 aliphatic carbocycles. The molecule has 0 unspecified atom stereocenters. The molecular formula is C12H26N2. The monoisotopic (exact) mass is 198 g/mol. The molecule has 0 heterocycles. The molecule has 2 heteroatoms. The first-order chi connectivity index (χ1) is 6.70. The molecule has 0 aromatic rings. The lowest BCUT2D eigenvalue weighted by Gasteiger charge is -2.21. The van der Waals surface area contributed by atoms with Gasteiger partial charge in [-0.3, -0.25) is 0 Å². The van der Waals surface area contributed by atoms with Gasteiger partial charge in [0, 0.05) is 13.1 Å². The highest BCUT2D eigenvalue weighted by Crippen LogP contribution is 1.94. The van der Waals surface area contributed by atoms with E-state index >= 15 is 0 Å². The second-order valence-corrected chi connectivity index (χ2v) is 4.02. The van der Waals surface area contributed by atoms with Crippen LogP contribution >= 0.6 is 0 Å². The number of rotatable bonds is 9. The molecule has 0 aliphatic heterocycles. The van der Waals surface area contributed by atoms with Crippen LogP contribution in [0.5, 0.6) is 0 Å². The fourth-order valence-corrected chi connectivity index (χ4v) is 1.33. The Labute approximate surface area is 90.3 Å². The van der Waals surface area contributed by atoms with Crippen LogP contribution in [0.3, 0.4) is 0 Å². The van der Waals surface area contributed by atoms with Crippen LogP contribution in [0.4, 0.5) is 0 Å². The van der Waals surface area contributed by atoms with Crippen molar-refractivity contribution in [2.24, 2.45) is 0 Å². The molecule has 0 fully saturated rings. The average Bonchev–Trinajstić information content (AvgIpc) is 2.20. The lowest BCUT2D eigenvalue weighted by atomic mass is 10.3.